The van der Waals surface area contributed by atoms with Crippen LogP contribution >= 0.6 is 11.8 Å². The Hall–Kier alpha value is -0.720. The second-order valence-corrected chi connectivity index (χ2v) is 6.66. The number of hydrogen-bond donors (Lipinski definition) is 2. The van der Waals surface area contributed by atoms with Gasteiger partial charge in [0.1, 0.15) is 4.90 Å². The molecule has 0 heterocycles. The molecule has 0 saturated heterocycles. The van der Waals surface area contributed by atoms with E-state index in [2.05, 4.69) is 10.0 Å². The van der Waals surface area contributed by atoms with Crippen LogP contribution < -0.4 is 10.0 Å². The Morgan fingerprint density at radius 3 is 2.59 bits per heavy atom. The fourth-order valence-corrected chi connectivity index (χ4v) is 2.99. The van der Waals surface area contributed by atoms with Crippen molar-refractivity contribution >= 4 is 27.5 Å². The zero-order valence-corrected chi connectivity index (χ0v) is 11.9. The molecule has 0 fully saturated rings. The molecule has 1 rings (SSSR count). The standard InChI is InChI=1S/C11H18N2O2S2/c1-9(16-3)8-13-17(14,15)11-7-5-4-6-10(11)12-2/h4-7,9,12-13H,8H2,1-3H3. The van der Waals surface area contributed by atoms with Gasteiger partial charge < -0.3 is 5.32 Å². The van der Waals surface area contributed by atoms with Gasteiger partial charge in [-0.15, -0.1) is 0 Å². The van der Waals surface area contributed by atoms with E-state index in [0.29, 0.717) is 12.2 Å². The molecule has 0 bridgehead atoms. The molecule has 96 valence electrons. The van der Waals surface area contributed by atoms with E-state index >= 15 is 0 Å². The van der Waals surface area contributed by atoms with Crippen LogP contribution in [-0.2, 0) is 10.0 Å². The van der Waals surface area contributed by atoms with Crippen molar-refractivity contribution in [1.82, 2.24) is 4.72 Å². The van der Waals surface area contributed by atoms with E-state index in [9.17, 15) is 8.42 Å². The van der Waals surface area contributed by atoms with Gasteiger partial charge in [-0.3, -0.25) is 0 Å². The van der Waals surface area contributed by atoms with Crippen LogP contribution in [0.4, 0.5) is 5.69 Å². The van der Waals surface area contributed by atoms with Gasteiger partial charge in [0.15, 0.2) is 0 Å². The molecule has 1 aromatic rings. The number of rotatable bonds is 6. The average molecular weight is 274 g/mol. The second kappa shape index (κ2) is 6.28. The van der Waals surface area contributed by atoms with Crippen LogP contribution in [0.3, 0.4) is 0 Å². The summed E-state index contributed by atoms with van der Waals surface area (Å²) < 4.78 is 26.8. The van der Waals surface area contributed by atoms with Crippen molar-refractivity contribution in [3.8, 4) is 0 Å². The van der Waals surface area contributed by atoms with Crippen LogP contribution in [0.2, 0.25) is 0 Å². The van der Waals surface area contributed by atoms with Gasteiger partial charge in [-0.05, 0) is 18.4 Å². The quantitative estimate of drug-likeness (QED) is 0.830. The average Bonchev–Trinajstić information content (AvgIpc) is 2.35. The summed E-state index contributed by atoms with van der Waals surface area (Å²) in [5.74, 6) is 0. The van der Waals surface area contributed by atoms with Crippen LogP contribution in [0.1, 0.15) is 6.92 Å². The lowest BCUT2D eigenvalue weighted by Gasteiger charge is -2.13. The number of hydrogen-bond acceptors (Lipinski definition) is 4. The van der Waals surface area contributed by atoms with E-state index in [1.807, 2.05) is 13.2 Å². The number of anilines is 1. The topological polar surface area (TPSA) is 58.2 Å². The third-order valence-electron chi connectivity index (χ3n) is 2.41. The normalized spacial score (nSPS) is 13.4. The molecule has 0 saturated carbocycles. The van der Waals surface area contributed by atoms with Crippen molar-refractivity contribution in [2.24, 2.45) is 0 Å². The summed E-state index contributed by atoms with van der Waals surface area (Å²) in [5.41, 5.74) is 0.608. The maximum Gasteiger partial charge on any atom is 0.242 e. The van der Waals surface area contributed by atoms with Gasteiger partial charge in [0.25, 0.3) is 0 Å². The first-order chi connectivity index (χ1) is 8.01. The first-order valence-electron chi connectivity index (χ1n) is 5.30. The summed E-state index contributed by atoms with van der Waals surface area (Å²) in [4.78, 5) is 0.288. The highest BCUT2D eigenvalue weighted by Crippen LogP contribution is 2.20. The molecular weight excluding hydrogens is 256 g/mol. The number of thioether (sulfide) groups is 1. The molecule has 1 unspecified atom stereocenters. The van der Waals surface area contributed by atoms with Crippen molar-refractivity contribution < 1.29 is 8.42 Å². The number of benzene rings is 1. The van der Waals surface area contributed by atoms with Gasteiger partial charge in [-0.2, -0.15) is 11.8 Å². The Morgan fingerprint density at radius 1 is 1.35 bits per heavy atom. The zero-order chi connectivity index (χ0) is 12.9. The molecule has 6 heteroatoms. The highest BCUT2D eigenvalue weighted by Gasteiger charge is 2.17. The summed E-state index contributed by atoms with van der Waals surface area (Å²) in [7, 11) is -1.73. The Morgan fingerprint density at radius 2 is 2.00 bits per heavy atom. The van der Waals surface area contributed by atoms with Gasteiger partial charge in [0.05, 0.1) is 5.69 Å². The Labute approximate surface area is 107 Å². The van der Waals surface area contributed by atoms with E-state index in [-0.39, 0.29) is 10.1 Å². The van der Waals surface area contributed by atoms with Gasteiger partial charge in [-0.1, -0.05) is 19.1 Å². The minimum absolute atomic E-state index is 0.256. The molecule has 0 amide bonds. The molecule has 17 heavy (non-hydrogen) atoms. The van der Waals surface area contributed by atoms with Crippen LogP contribution in [0, 0.1) is 0 Å². The van der Waals surface area contributed by atoms with Gasteiger partial charge in [0.2, 0.25) is 10.0 Å². The third kappa shape index (κ3) is 3.90. The summed E-state index contributed by atoms with van der Waals surface area (Å²) >= 11 is 1.63. The van der Waals surface area contributed by atoms with Gasteiger partial charge >= 0.3 is 0 Å². The fraction of sp³-hybridized carbons (Fsp3) is 0.455. The van der Waals surface area contributed by atoms with Crippen molar-refractivity contribution in [3.63, 3.8) is 0 Å². The van der Waals surface area contributed by atoms with E-state index in [1.54, 1.807) is 43.1 Å². The number of para-hydroxylation sites is 1. The summed E-state index contributed by atoms with van der Waals surface area (Å²) in [6.07, 6.45) is 1.96. The maximum atomic E-state index is 12.1. The molecule has 4 nitrogen and oxygen atoms in total. The molecule has 0 aliphatic heterocycles. The summed E-state index contributed by atoms with van der Waals surface area (Å²) in [6.45, 7) is 2.42. The van der Waals surface area contributed by atoms with Crippen molar-refractivity contribution in [1.29, 1.82) is 0 Å². The summed E-state index contributed by atoms with van der Waals surface area (Å²) in [5, 5.41) is 3.13. The lowest BCUT2D eigenvalue weighted by Crippen LogP contribution is -2.29. The van der Waals surface area contributed by atoms with Gasteiger partial charge in [-0.25, -0.2) is 13.1 Å². The van der Waals surface area contributed by atoms with Crippen LogP contribution in [0.25, 0.3) is 0 Å². The van der Waals surface area contributed by atoms with Crippen LogP contribution in [0.5, 0.6) is 0 Å². The zero-order valence-electron chi connectivity index (χ0n) is 10.2. The highest BCUT2D eigenvalue weighted by molar-refractivity contribution is 7.99. The lowest BCUT2D eigenvalue weighted by atomic mass is 10.3. The van der Waals surface area contributed by atoms with E-state index in [0.717, 1.165) is 0 Å². The predicted octanol–water partition coefficient (Wildman–Crippen LogP) is 1.76. The fourth-order valence-electron chi connectivity index (χ4n) is 1.30. The predicted molar refractivity (Wildman–Crippen MR) is 74.2 cm³/mol. The van der Waals surface area contributed by atoms with E-state index in [4.69, 9.17) is 0 Å². The van der Waals surface area contributed by atoms with Crippen molar-refractivity contribution in [2.75, 3.05) is 25.2 Å². The molecule has 0 aromatic heterocycles. The second-order valence-electron chi connectivity index (χ2n) is 3.64. The molecule has 1 atom stereocenters. The smallest absolute Gasteiger partial charge is 0.242 e. The number of nitrogens with one attached hydrogen (secondary N) is 2. The van der Waals surface area contributed by atoms with Crippen molar-refractivity contribution in [2.45, 2.75) is 17.1 Å². The molecule has 0 aliphatic carbocycles. The van der Waals surface area contributed by atoms with Crippen LogP contribution in [-0.4, -0.2) is 33.5 Å². The third-order valence-corrected chi connectivity index (χ3v) is 4.86. The van der Waals surface area contributed by atoms with Gasteiger partial charge in [0, 0.05) is 18.8 Å². The largest absolute Gasteiger partial charge is 0.387 e. The minimum atomic E-state index is -3.43. The molecule has 0 spiro atoms. The Bertz CT molecular complexity index is 460. The first kappa shape index (κ1) is 14.3. The highest BCUT2D eigenvalue weighted by atomic mass is 32.2. The maximum absolute atomic E-state index is 12.1. The Balaban J connectivity index is 2.89. The van der Waals surface area contributed by atoms with E-state index < -0.39 is 10.0 Å². The number of sulfonamides is 1. The monoisotopic (exact) mass is 274 g/mol. The molecule has 2 N–H and O–H groups in total. The lowest BCUT2D eigenvalue weighted by molar-refractivity contribution is 0.582. The summed E-state index contributed by atoms with van der Waals surface area (Å²) in [6, 6.07) is 6.85. The molecule has 0 aliphatic rings. The van der Waals surface area contributed by atoms with Crippen LogP contribution in [0.15, 0.2) is 29.2 Å². The first-order valence-corrected chi connectivity index (χ1v) is 8.07. The Kier molecular flexibility index (Phi) is 5.30. The molecule has 0 radical (unpaired) electrons. The van der Waals surface area contributed by atoms with E-state index in [1.165, 1.54) is 0 Å². The minimum Gasteiger partial charge on any atom is -0.387 e. The van der Waals surface area contributed by atoms with Crippen molar-refractivity contribution in [3.05, 3.63) is 24.3 Å². The molecular formula is C11H18N2O2S2. The molecule has 1 aromatic carbocycles. The SMILES string of the molecule is CNc1ccccc1S(=O)(=O)NCC(C)SC.